The maximum Gasteiger partial charge on any atom is 0.252 e. The van der Waals surface area contributed by atoms with Gasteiger partial charge in [0.15, 0.2) is 4.77 Å². The summed E-state index contributed by atoms with van der Waals surface area (Å²) in [4.78, 5) is 14.4. The zero-order valence-electron chi connectivity index (χ0n) is 14.9. The maximum atomic E-state index is 11.2. The number of benzene rings is 1. The fraction of sp³-hybridized carbons (Fsp3) is 0.474. The van der Waals surface area contributed by atoms with Gasteiger partial charge in [-0.25, -0.2) is 0 Å². The number of imidazole rings is 1. The molecule has 0 saturated heterocycles. The van der Waals surface area contributed by atoms with Crippen LogP contribution < -0.4 is 17.2 Å². The molecule has 1 aromatic carbocycles. The lowest BCUT2D eigenvalue weighted by Gasteiger charge is -2.27. The molecule has 0 aliphatic heterocycles. The largest absolute Gasteiger partial charge is 0.367 e. The molecule has 0 radical (unpaired) electrons. The topological polar surface area (TPSA) is 116 Å². The second kappa shape index (κ2) is 7.73. The third kappa shape index (κ3) is 4.06. The van der Waals surface area contributed by atoms with Crippen LogP contribution in [0.3, 0.4) is 0 Å². The van der Waals surface area contributed by atoms with Crippen molar-refractivity contribution >= 4 is 18.1 Å². The second-order valence-corrected chi connectivity index (χ2v) is 7.62. The molecule has 1 amide bonds. The van der Waals surface area contributed by atoms with E-state index in [9.17, 15) is 4.79 Å². The van der Waals surface area contributed by atoms with Gasteiger partial charge in [0.1, 0.15) is 5.66 Å². The van der Waals surface area contributed by atoms with Gasteiger partial charge in [-0.1, -0.05) is 24.3 Å². The fourth-order valence-corrected chi connectivity index (χ4v) is 4.08. The molecular weight excluding hydrogens is 346 g/mol. The molecule has 0 spiro atoms. The van der Waals surface area contributed by atoms with Crippen LogP contribution >= 0.6 is 12.2 Å². The van der Waals surface area contributed by atoms with Crippen molar-refractivity contribution in [1.29, 1.82) is 0 Å². The van der Waals surface area contributed by atoms with Gasteiger partial charge in [0.05, 0.1) is 0 Å². The van der Waals surface area contributed by atoms with Gasteiger partial charge in [0.2, 0.25) is 0 Å². The Morgan fingerprint density at radius 2 is 2.00 bits per heavy atom. The van der Waals surface area contributed by atoms with Crippen molar-refractivity contribution in [3.8, 4) is 0 Å². The zero-order chi connectivity index (χ0) is 18.7. The van der Waals surface area contributed by atoms with Crippen LogP contribution in [0.25, 0.3) is 0 Å². The highest BCUT2D eigenvalue weighted by atomic mass is 32.1. The predicted octanol–water partition coefficient (Wildman–Crippen LogP) is 2.09. The highest BCUT2D eigenvalue weighted by molar-refractivity contribution is 7.71. The summed E-state index contributed by atoms with van der Waals surface area (Å²) >= 11 is 5.53. The van der Waals surface area contributed by atoms with E-state index in [1.54, 1.807) is 0 Å². The molecule has 1 unspecified atom stereocenters. The Bertz CT molecular complexity index is 838. The molecule has 1 heterocycles. The van der Waals surface area contributed by atoms with Gasteiger partial charge in [0.25, 0.3) is 5.91 Å². The number of primary amides is 1. The molecular formula is C19H27N5OS. The number of carbonyl (C=O) groups is 1. The summed E-state index contributed by atoms with van der Waals surface area (Å²) in [6.45, 7) is 0. The van der Waals surface area contributed by atoms with Crippen LogP contribution in [-0.4, -0.2) is 21.1 Å². The summed E-state index contributed by atoms with van der Waals surface area (Å²) in [5.74, 6) is -0.664. The number of nitrogens with one attached hydrogen (secondary N) is 1. The van der Waals surface area contributed by atoms with Crippen LogP contribution in [0.15, 0.2) is 30.5 Å². The molecule has 2 aromatic rings. The van der Waals surface area contributed by atoms with Crippen molar-refractivity contribution in [1.82, 2.24) is 9.55 Å². The lowest BCUT2D eigenvalue weighted by Crippen LogP contribution is -2.59. The van der Waals surface area contributed by atoms with Crippen molar-refractivity contribution in [3.63, 3.8) is 0 Å². The molecule has 3 rings (SSSR count). The number of aromatic nitrogens is 2. The monoisotopic (exact) mass is 373 g/mol. The van der Waals surface area contributed by atoms with Crippen LogP contribution in [0.5, 0.6) is 0 Å². The normalized spacial score (nSPS) is 17.1. The summed E-state index contributed by atoms with van der Waals surface area (Å²) < 4.78 is 3.03. The quantitative estimate of drug-likeness (QED) is 0.338. The Morgan fingerprint density at radius 3 is 2.73 bits per heavy atom. The Kier molecular flexibility index (Phi) is 5.60. The average molecular weight is 374 g/mol. The molecule has 6 nitrogen and oxygen atoms in total. The molecule has 1 atom stereocenters. The number of fused-ring (bicyclic) bond motifs is 1. The molecule has 140 valence electrons. The first-order chi connectivity index (χ1) is 12.4. The van der Waals surface area contributed by atoms with Gasteiger partial charge in [0, 0.05) is 17.9 Å². The minimum atomic E-state index is -1.43. The lowest BCUT2D eigenvalue weighted by atomic mass is 9.88. The number of amides is 1. The lowest BCUT2D eigenvalue weighted by molar-refractivity contribution is -0.123. The number of aryl methyl sites for hydroxylation is 2. The second-order valence-electron chi connectivity index (χ2n) is 7.23. The van der Waals surface area contributed by atoms with Gasteiger partial charge in [-0.3, -0.25) is 4.79 Å². The van der Waals surface area contributed by atoms with Crippen molar-refractivity contribution < 1.29 is 4.79 Å². The molecule has 0 fully saturated rings. The van der Waals surface area contributed by atoms with Gasteiger partial charge in [-0.05, 0) is 68.3 Å². The third-order valence-electron chi connectivity index (χ3n) is 5.31. The fourth-order valence-electron chi connectivity index (χ4n) is 3.75. The average Bonchev–Trinajstić information content (AvgIpc) is 2.98. The Labute approximate surface area is 158 Å². The van der Waals surface area contributed by atoms with Crippen molar-refractivity contribution in [2.75, 3.05) is 0 Å². The first-order valence-electron chi connectivity index (χ1n) is 9.12. The molecule has 1 aliphatic carbocycles. The summed E-state index contributed by atoms with van der Waals surface area (Å²) in [7, 11) is 0. The van der Waals surface area contributed by atoms with Crippen LogP contribution in [0.2, 0.25) is 0 Å². The van der Waals surface area contributed by atoms with E-state index in [2.05, 4.69) is 33.8 Å². The number of nitrogens with two attached hydrogens (primary N) is 3. The predicted molar refractivity (Wildman–Crippen MR) is 105 cm³/mol. The van der Waals surface area contributed by atoms with Gasteiger partial charge in [-0.15, -0.1) is 0 Å². The molecule has 26 heavy (non-hydrogen) atoms. The highest BCUT2D eigenvalue weighted by Crippen LogP contribution is 2.30. The van der Waals surface area contributed by atoms with Crippen molar-refractivity contribution in [2.24, 2.45) is 17.2 Å². The number of rotatable bonds is 7. The van der Waals surface area contributed by atoms with Crippen LogP contribution in [0.4, 0.5) is 0 Å². The molecule has 0 saturated carbocycles. The van der Waals surface area contributed by atoms with E-state index in [1.807, 2.05) is 6.20 Å². The van der Waals surface area contributed by atoms with Crippen molar-refractivity contribution in [2.45, 2.75) is 56.7 Å². The molecule has 7 N–H and O–H groups in total. The Hall–Kier alpha value is -1.96. The van der Waals surface area contributed by atoms with Gasteiger partial charge in [-0.2, -0.15) is 0 Å². The van der Waals surface area contributed by atoms with Crippen LogP contribution in [-0.2, 0) is 24.1 Å². The summed E-state index contributed by atoms with van der Waals surface area (Å²) in [5.41, 5.74) is 19.3. The van der Waals surface area contributed by atoms with E-state index >= 15 is 0 Å². The minimum Gasteiger partial charge on any atom is -0.367 e. The third-order valence-corrected chi connectivity index (χ3v) is 5.62. The Morgan fingerprint density at radius 1 is 1.27 bits per heavy atom. The van der Waals surface area contributed by atoms with Crippen LogP contribution in [0, 0.1) is 4.77 Å². The number of hydrogen-bond donors (Lipinski definition) is 4. The van der Waals surface area contributed by atoms with E-state index in [0.717, 1.165) is 43.3 Å². The van der Waals surface area contributed by atoms with E-state index in [4.69, 9.17) is 29.4 Å². The van der Waals surface area contributed by atoms with Crippen LogP contribution in [0.1, 0.15) is 48.5 Å². The summed E-state index contributed by atoms with van der Waals surface area (Å²) in [6, 6.07) is 9.01. The standard InChI is InChI=1S/C19H27N5OS/c20-17(25)19(21,22)10-4-3-7-16-12-23-18(26)24(16)15-9-8-13-5-1-2-6-14(13)11-15/h1-2,5-6,12,15H,3-4,7-11,21-22H2,(H2,20,25)(H,23,26). The summed E-state index contributed by atoms with van der Waals surface area (Å²) in [6.07, 6.45) is 8.02. The number of unbranched alkanes of at least 4 members (excludes halogenated alkanes) is 1. The number of H-pyrrole nitrogens is 1. The van der Waals surface area contributed by atoms with Gasteiger partial charge >= 0.3 is 0 Å². The molecule has 1 aliphatic rings. The first-order valence-corrected chi connectivity index (χ1v) is 9.52. The van der Waals surface area contributed by atoms with E-state index < -0.39 is 11.6 Å². The van der Waals surface area contributed by atoms with Crippen molar-refractivity contribution in [3.05, 3.63) is 52.1 Å². The number of carbonyl (C=O) groups excluding carboxylic acids is 1. The molecule has 1 aromatic heterocycles. The van der Waals surface area contributed by atoms with E-state index in [1.165, 1.54) is 16.8 Å². The summed E-state index contributed by atoms with van der Waals surface area (Å²) in [5, 5.41) is 0. The maximum absolute atomic E-state index is 11.2. The van der Waals surface area contributed by atoms with E-state index in [0.29, 0.717) is 12.5 Å². The number of nitrogens with zero attached hydrogens (tertiary/aromatic N) is 1. The van der Waals surface area contributed by atoms with E-state index in [-0.39, 0.29) is 0 Å². The molecule has 7 heteroatoms. The smallest absolute Gasteiger partial charge is 0.252 e. The first kappa shape index (κ1) is 18.8. The number of aromatic amines is 1. The highest BCUT2D eigenvalue weighted by Gasteiger charge is 2.26. The molecule has 0 bridgehead atoms. The SMILES string of the molecule is NC(=O)C(N)(N)CCCCc1c[nH]c(=S)n1C1CCc2ccccc2C1. The van der Waals surface area contributed by atoms with Gasteiger partial charge < -0.3 is 26.8 Å². The minimum absolute atomic E-state index is 0.379. The number of hydrogen-bond acceptors (Lipinski definition) is 4. The zero-order valence-corrected chi connectivity index (χ0v) is 15.7. The Balaban J connectivity index is 1.65.